The number of hydrogen-bond donors (Lipinski definition) is 1. The van der Waals surface area contributed by atoms with E-state index >= 15 is 0 Å². The second kappa shape index (κ2) is 10.0. The highest BCUT2D eigenvalue weighted by atomic mass is 16.5. The van der Waals surface area contributed by atoms with Gasteiger partial charge in [0.2, 0.25) is 5.91 Å². The maximum absolute atomic E-state index is 13.2. The summed E-state index contributed by atoms with van der Waals surface area (Å²) in [7, 11) is 0. The Hall–Kier alpha value is -3.45. The van der Waals surface area contributed by atoms with Gasteiger partial charge in [0.15, 0.2) is 0 Å². The fraction of sp³-hybridized carbons (Fsp3) is 0.346. The summed E-state index contributed by atoms with van der Waals surface area (Å²) in [5, 5.41) is 3.82. The normalized spacial score (nSPS) is 13.7. The summed E-state index contributed by atoms with van der Waals surface area (Å²) in [4.78, 5) is 34.3. The topological polar surface area (TPSA) is 74.8 Å². The van der Waals surface area contributed by atoms with E-state index in [1.807, 2.05) is 69.3 Å². The number of anilines is 2. The quantitative estimate of drug-likeness (QED) is 0.624. The third-order valence-corrected chi connectivity index (χ3v) is 5.92. The van der Waals surface area contributed by atoms with E-state index in [1.54, 1.807) is 4.90 Å². The Morgan fingerprint density at radius 3 is 2.48 bits per heavy atom. The van der Waals surface area contributed by atoms with Gasteiger partial charge in [-0.05, 0) is 63.2 Å². The second-order valence-electron chi connectivity index (χ2n) is 8.33. The number of nitrogens with zero attached hydrogens (tertiary/aromatic N) is 3. The summed E-state index contributed by atoms with van der Waals surface area (Å²) in [6, 6.07) is 15.6. The van der Waals surface area contributed by atoms with Gasteiger partial charge in [0.25, 0.3) is 5.91 Å². The van der Waals surface area contributed by atoms with Crippen LogP contribution >= 0.6 is 0 Å². The number of amides is 2. The van der Waals surface area contributed by atoms with Crippen LogP contribution in [0.1, 0.15) is 28.5 Å². The molecule has 33 heavy (non-hydrogen) atoms. The number of aromatic nitrogens is 1. The minimum absolute atomic E-state index is 0.0220. The molecule has 4 rings (SSSR count). The van der Waals surface area contributed by atoms with Gasteiger partial charge >= 0.3 is 0 Å². The SMILES string of the molecule is CCN(CC(=O)Nc1ccc(N2CCOCC2)cc1)C(=O)c1cc2cc(C)ccc2nc1C. The molecule has 1 aromatic heterocycles. The maximum atomic E-state index is 13.2. The van der Waals surface area contributed by atoms with Crippen LogP contribution in [0.15, 0.2) is 48.5 Å². The highest BCUT2D eigenvalue weighted by Crippen LogP contribution is 2.21. The number of carbonyl (C=O) groups is 2. The molecule has 0 unspecified atom stereocenters. The summed E-state index contributed by atoms with van der Waals surface area (Å²) in [5.41, 5.74) is 4.97. The molecule has 0 radical (unpaired) electrons. The third kappa shape index (κ3) is 5.31. The Morgan fingerprint density at radius 1 is 1.06 bits per heavy atom. The first-order valence-corrected chi connectivity index (χ1v) is 11.3. The number of carbonyl (C=O) groups excluding carboxylic acids is 2. The Morgan fingerprint density at radius 2 is 1.79 bits per heavy atom. The van der Waals surface area contributed by atoms with E-state index in [0.29, 0.717) is 23.5 Å². The standard InChI is InChI=1S/C26H30N4O3/c1-4-29(26(32)23-16-20-15-18(2)5-10-24(20)27-19(23)3)17-25(31)28-21-6-8-22(9-7-21)30-11-13-33-14-12-30/h5-10,15-16H,4,11-14,17H2,1-3H3,(H,28,31). The summed E-state index contributed by atoms with van der Waals surface area (Å²) in [6.07, 6.45) is 0. The van der Waals surface area contributed by atoms with E-state index < -0.39 is 0 Å². The second-order valence-corrected chi connectivity index (χ2v) is 8.33. The lowest BCUT2D eigenvalue weighted by atomic mass is 10.1. The fourth-order valence-electron chi connectivity index (χ4n) is 4.06. The Bertz CT molecular complexity index is 1150. The van der Waals surface area contributed by atoms with Crippen molar-refractivity contribution in [3.05, 3.63) is 65.4 Å². The smallest absolute Gasteiger partial charge is 0.256 e. The molecule has 1 N–H and O–H groups in total. The summed E-state index contributed by atoms with van der Waals surface area (Å²) < 4.78 is 5.40. The highest BCUT2D eigenvalue weighted by Gasteiger charge is 2.20. The molecule has 0 atom stereocenters. The fourth-order valence-corrected chi connectivity index (χ4v) is 4.06. The van der Waals surface area contributed by atoms with Crippen LogP contribution in [0.3, 0.4) is 0 Å². The predicted octanol–water partition coefficient (Wildman–Crippen LogP) is 3.79. The van der Waals surface area contributed by atoms with E-state index in [9.17, 15) is 9.59 Å². The van der Waals surface area contributed by atoms with Crippen molar-refractivity contribution in [2.45, 2.75) is 20.8 Å². The number of aryl methyl sites for hydroxylation is 2. The zero-order valence-corrected chi connectivity index (χ0v) is 19.4. The van der Waals surface area contributed by atoms with Crippen LogP contribution in [0.2, 0.25) is 0 Å². The van der Waals surface area contributed by atoms with E-state index in [0.717, 1.165) is 48.5 Å². The van der Waals surface area contributed by atoms with Crippen LogP contribution < -0.4 is 10.2 Å². The van der Waals surface area contributed by atoms with Crippen LogP contribution in [-0.2, 0) is 9.53 Å². The zero-order chi connectivity index (χ0) is 23.4. The van der Waals surface area contributed by atoms with Gasteiger partial charge in [0.1, 0.15) is 6.54 Å². The Kier molecular flexibility index (Phi) is 6.89. The number of nitrogens with one attached hydrogen (secondary N) is 1. The van der Waals surface area contributed by atoms with Gasteiger partial charge in [0, 0.05) is 36.4 Å². The van der Waals surface area contributed by atoms with E-state index in [2.05, 4.69) is 15.2 Å². The van der Waals surface area contributed by atoms with Gasteiger partial charge < -0.3 is 19.9 Å². The molecule has 1 aliphatic heterocycles. The largest absolute Gasteiger partial charge is 0.378 e. The molecule has 2 amide bonds. The predicted molar refractivity (Wildman–Crippen MR) is 131 cm³/mol. The number of likely N-dealkylation sites (N-methyl/N-ethyl adjacent to an activating group) is 1. The molecule has 3 aromatic rings. The van der Waals surface area contributed by atoms with E-state index in [4.69, 9.17) is 4.74 Å². The van der Waals surface area contributed by atoms with Gasteiger partial charge in [-0.15, -0.1) is 0 Å². The lowest BCUT2D eigenvalue weighted by Gasteiger charge is -2.29. The molecule has 0 bridgehead atoms. The van der Waals surface area contributed by atoms with Crippen molar-refractivity contribution in [1.29, 1.82) is 0 Å². The third-order valence-electron chi connectivity index (χ3n) is 5.92. The van der Waals surface area contributed by atoms with E-state index in [1.165, 1.54) is 0 Å². The van der Waals surface area contributed by atoms with Crippen LogP contribution in [0.25, 0.3) is 10.9 Å². The lowest BCUT2D eigenvalue weighted by molar-refractivity contribution is -0.116. The number of fused-ring (bicyclic) bond motifs is 1. The molecule has 7 nitrogen and oxygen atoms in total. The van der Waals surface area contributed by atoms with Gasteiger partial charge in [-0.3, -0.25) is 14.6 Å². The molecule has 0 saturated carbocycles. The molecule has 1 fully saturated rings. The molecule has 172 valence electrons. The van der Waals surface area contributed by atoms with Crippen molar-refractivity contribution in [3.63, 3.8) is 0 Å². The lowest BCUT2D eigenvalue weighted by Crippen LogP contribution is -2.38. The summed E-state index contributed by atoms with van der Waals surface area (Å²) >= 11 is 0. The average molecular weight is 447 g/mol. The van der Waals surface area contributed by atoms with Gasteiger partial charge in [-0.2, -0.15) is 0 Å². The first kappa shape index (κ1) is 22.7. The number of benzene rings is 2. The Labute approximate surface area is 194 Å². The monoisotopic (exact) mass is 446 g/mol. The van der Waals surface area contributed by atoms with Gasteiger partial charge in [-0.1, -0.05) is 11.6 Å². The van der Waals surface area contributed by atoms with Crippen molar-refractivity contribution in [2.24, 2.45) is 0 Å². The molecule has 1 aliphatic rings. The van der Waals surface area contributed by atoms with Crippen molar-refractivity contribution in [1.82, 2.24) is 9.88 Å². The van der Waals surface area contributed by atoms with Crippen LogP contribution in [0.4, 0.5) is 11.4 Å². The van der Waals surface area contributed by atoms with Crippen molar-refractivity contribution >= 4 is 34.1 Å². The number of rotatable bonds is 6. The average Bonchev–Trinajstić information content (AvgIpc) is 2.83. The summed E-state index contributed by atoms with van der Waals surface area (Å²) in [6.45, 7) is 9.29. The minimum Gasteiger partial charge on any atom is -0.378 e. The highest BCUT2D eigenvalue weighted by molar-refractivity contribution is 6.01. The van der Waals surface area contributed by atoms with Gasteiger partial charge in [0.05, 0.1) is 30.0 Å². The molecular weight excluding hydrogens is 416 g/mol. The number of pyridine rings is 1. The molecule has 0 spiro atoms. The number of ether oxygens (including phenoxy) is 1. The van der Waals surface area contributed by atoms with Crippen LogP contribution in [0.5, 0.6) is 0 Å². The maximum Gasteiger partial charge on any atom is 0.256 e. The number of hydrogen-bond acceptors (Lipinski definition) is 5. The van der Waals surface area contributed by atoms with Crippen LogP contribution in [0, 0.1) is 13.8 Å². The molecule has 2 heterocycles. The summed E-state index contributed by atoms with van der Waals surface area (Å²) in [5.74, 6) is -0.421. The van der Waals surface area contributed by atoms with Crippen LogP contribution in [-0.4, -0.2) is 61.1 Å². The molecule has 1 saturated heterocycles. The Balaban J connectivity index is 1.43. The molecule has 2 aromatic carbocycles. The van der Waals surface area contributed by atoms with Crippen molar-refractivity contribution in [3.8, 4) is 0 Å². The first-order valence-electron chi connectivity index (χ1n) is 11.3. The zero-order valence-electron chi connectivity index (χ0n) is 19.4. The van der Waals surface area contributed by atoms with Crippen molar-refractivity contribution in [2.75, 3.05) is 49.6 Å². The van der Waals surface area contributed by atoms with Gasteiger partial charge in [-0.25, -0.2) is 0 Å². The number of morpholine rings is 1. The molecular formula is C26H30N4O3. The minimum atomic E-state index is -0.230. The van der Waals surface area contributed by atoms with E-state index in [-0.39, 0.29) is 18.4 Å². The molecule has 0 aliphatic carbocycles. The first-order chi connectivity index (χ1) is 15.9. The molecule has 7 heteroatoms. The van der Waals surface area contributed by atoms with Crippen molar-refractivity contribution < 1.29 is 14.3 Å².